The fourth-order valence-electron chi connectivity index (χ4n) is 3.06. The Morgan fingerprint density at radius 1 is 1.29 bits per heavy atom. The first-order chi connectivity index (χ1) is 14.9. The number of rotatable bonds is 5. The summed E-state index contributed by atoms with van der Waals surface area (Å²) in [6.07, 6.45) is 0.735. The predicted octanol–water partition coefficient (Wildman–Crippen LogP) is -0.409. The summed E-state index contributed by atoms with van der Waals surface area (Å²) < 4.78 is 4.53. The van der Waals surface area contributed by atoms with Crippen LogP contribution in [0.5, 0.6) is 0 Å². The lowest BCUT2D eigenvalue weighted by Crippen LogP contribution is -2.45. The number of aliphatic hydroxyl groups is 1. The number of nitrogens with zero attached hydrogens (tertiary/aromatic N) is 3. The Morgan fingerprint density at radius 2 is 2.06 bits per heavy atom. The molecule has 1 saturated heterocycles. The van der Waals surface area contributed by atoms with E-state index in [-0.39, 0.29) is 30.3 Å². The van der Waals surface area contributed by atoms with Crippen LogP contribution in [0.3, 0.4) is 0 Å². The zero-order chi connectivity index (χ0) is 22.0. The molecule has 160 valence electrons. The molecule has 0 radical (unpaired) electrons. The van der Waals surface area contributed by atoms with E-state index in [1.54, 1.807) is 24.3 Å². The largest absolute Gasteiger partial charge is 0.392 e. The number of esters is 2. The lowest BCUT2D eigenvalue weighted by Gasteiger charge is -2.20. The molecule has 1 amide bonds. The lowest BCUT2D eigenvalue weighted by molar-refractivity contribution is -0.165. The number of nitrogens with two attached hydrogens (primary N) is 1. The number of nitrogens with one attached hydrogen (secondary N) is 3. The number of aromatic nitrogens is 2. The monoisotopic (exact) mass is 425 g/mol. The van der Waals surface area contributed by atoms with Crippen LogP contribution < -0.4 is 21.7 Å². The maximum atomic E-state index is 12.3. The van der Waals surface area contributed by atoms with Gasteiger partial charge in [0.15, 0.2) is 18.0 Å². The van der Waals surface area contributed by atoms with E-state index in [1.807, 2.05) is 0 Å². The zero-order valence-electron chi connectivity index (χ0n) is 16.2. The van der Waals surface area contributed by atoms with Crippen molar-refractivity contribution in [1.82, 2.24) is 20.6 Å². The summed E-state index contributed by atoms with van der Waals surface area (Å²) in [7, 11) is 0. The predicted molar refractivity (Wildman–Crippen MR) is 107 cm³/mol. The molecule has 1 aromatic heterocycles. The van der Waals surface area contributed by atoms with E-state index >= 15 is 0 Å². The second kappa shape index (κ2) is 8.36. The van der Waals surface area contributed by atoms with Crippen LogP contribution >= 0.6 is 0 Å². The van der Waals surface area contributed by atoms with Crippen LogP contribution in [-0.2, 0) is 20.9 Å². The van der Waals surface area contributed by atoms with Gasteiger partial charge in [0.2, 0.25) is 0 Å². The van der Waals surface area contributed by atoms with E-state index in [9.17, 15) is 19.5 Å². The molecular formula is C19H19N7O5. The summed E-state index contributed by atoms with van der Waals surface area (Å²) in [6, 6.07) is 5.76. The highest BCUT2D eigenvalue weighted by Gasteiger charge is 2.30. The maximum absolute atomic E-state index is 12.3. The number of amides is 1. The number of aliphatic hydroxyl groups excluding tert-OH is 1. The molecule has 31 heavy (non-hydrogen) atoms. The first kappa shape index (κ1) is 20.2. The number of fused-ring (bicyclic) bond motifs is 1. The molecule has 1 unspecified atom stereocenters. The molecule has 2 aliphatic heterocycles. The van der Waals surface area contributed by atoms with E-state index in [4.69, 9.17) is 5.73 Å². The highest BCUT2D eigenvalue weighted by molar-refractivity contribution is 5.99. The van der Waals surface area contributed by atoms with Crippen molar-refractivity contribution in [3.05, 3.63) is 47.4 Å². The van der Waals surface area contributed by atoms with Crippen LogP contribution in [0.4, 0.5) is 11.5 Å². The number of cyclic esters (lactones) is 2. The Bertz CT molecular complexity index is 1070. The van der Waals surface area contributed by atoms with E-state index in [1.165, 1.54) is 6.20 Å². The molecule has 1 aromatic carbocycles. The summed E-state index contributed by atoms with van der Waals surface area (Å²) in [5.41, 5.74) is 7.47. The topological polar surface area (TPSA) is 181 Å². The molecule has 2 aliphatic rings. The summed E-state index contributed by atoms with van der Waals surface area (Å²) in [5, 5.41) is 18.3. The third-order valence-corrected chi connectivity index (χ3v) is 4.66. The molecule has 4 rings (SSSR count). The van der Waals surface area contributed by atoms with E-state index in [2.05, 4.69) is 35.6 Å². The number of hydrogen-bond acceptors (Lipinski definition) is 11. The first-order valence-electron chi connectivity index (χ1n) is 9.43. The van der Waals surface area contributed by atoms with E-state index in [0.717, 1.165) is 5.69 Å². The number of guanidine groups is 1. The van der Waals surface area contributed by atoms with Crippen molar-refractivity contribution in [2.45, 2.75) is 31.7 Å². The highest BCUT2D eigenvalue weighted by Crippen LogP contribution is 2.23. The average molecular weight is 425 g/mol. The third kappa shape index (κ3) is 4.59. The summed E-state index contributed by atoms with van der Waals surface area (Å²) in [5.74, 6) is -1.45. The second-order valence-electron chi connectivity index (χ2n) is 6.90. The Kier molecular flexibility index (Phi) is 5.45. The molecule has 1 fully saturated rings. The molecule has 0 bridgehead atoms. The molecule has 12 heteroatoms. The van der Waals surface area contributed by atoms with Gasteiger partial charge in [-0.15, -0.1) is 0 Å². The lowest BCUT2D eigenvalue weighted by atomic mass is 10.1. The minimum Gasteiger partial charge on any atom is -0.392 e. The molecule has 0 saturated carbocycles. The highest BCUT2D eigenvalue weighted by atomic mass is 16.6. The minimum atomic E-state index is -1.09. The molecule has 12 nitrogen and oxygen atoms in total. The standard InChI is InChI=1S/C19H19N7O5/c20-19-25-15-14(17(29)26-19)23-11(8-22-15)7-21-10-3-1-9(2-4-10)16(28)24-12-5-6-13(27)31-18(12)30/h1-4,8,12,17,21,29H,5-7H2,(H,24,28)(H3,20,22,25,26)/t12-,17?/m0/s1. The average Bonchev–Trinajstić information content (AvgIpc) is 2.74. The van der Waals surface area contributed by atoms with Gasteiger partial charge in [-0.2, -0.15) is 4.99 Å². The van der Waals surface area contributed by atoms with Crippen molar-refractivity contribution >= 4 is 35.3 Å². The van der Waals surface area contributed by atoms with Crippen LogP contribution in [0.15, 0.2) is 35.5 Å². The van der Waals surface area contributed by atoms with Gasteiger partial charge in [-0.3, -0.25) is 9.59 Å². The van der Waals surface area contributed by atoms with Gasteiger partial charge in [-0.05, 0) is 30.7 Å². The molecule has 0 aliphatic carbocycles. The maximum Gasteiger partial charge on any atom is 0.336 e. The van der Waals surface area contributed by atoms with Gasteiger partial charge in [0, 0.05) is 17.7 Å². The van der Waals surface area contributed by atoms with Crippen molar-refractivity contribution < 1.29 is 24.2 Å². The number of benzene rings is 1. The molecular weight excluding hydrogens is 406 g/mol. The van der Waals surface area contributed by atoms with Gasteiger partial charge in [0.25, 0.3) is 5.91 Å². The Balaban J connectivity index is 1.35. The van der Waals surface area contributed by atoms with Crippen LogP contribution in [0, 0.1) is 0 Å². The van der Waals surface area contributed by atoms with Crippen LogP contribution in [0.25, 0.3) is 0 Å². The van der Waals surface area contributed by atoms with Gasteiger partial charge < -0.3 is 31.5 Å². The number of ether oxygens (including phenoxy) is 1. The van der Waals surface area contributed by atoms with Gasteiger partial charge in [-0.1, -0.05) is 0 Å². The Labute approximate surface area is 175 Å². The zero-order valence-corrected chi connectivity index (χ0v) is 16.2. The van der Waals surface area contributed by atoms with Crippen LogP contribution in [0.1, 0.15) is 40.8 Å². The summed E-state index contributed by atoms with van der Waals surface area (Å²) in [4.78, 5) is 47.5. The van der Waals surface area contributed by atoms with Crippen LogP contribution in [0.2, 0.25) is 0 Å². The van der Waals surface area contributed by atoms with Crippen LogP contribution in [-0.4, -0.2) is 44.9 Å². The molecule has 3 heterocycles. The fourth-order valence-corrected chi connectivity index (χ4v) is 3.06. The molecule has 0 spiro atoms. The van der Waals surface area contributed by atoms with Gasteiger partial charge >= 0.3 is 11.9 Å². The number of hydrogen-bond donors (Lipinski definition) is 5. The summed E-state index contributed by atoms with van der Waals surface area (Å²) in [6.45, 7) is 0.319. The second-order valence-corrected chi connectivity index (χ2v) is 6.90. The number of aliphatic imine (C=N–C) groups is 1. The minimum absolute atomic E-state index is 0.0677. The van der Waals surface area contributed by atoms with E-state index in [0.29, 0.717) is 17.8 Å². The smallest absolute Gasteiger partial charge is 0.336 e. The Hall–Kier alpha value is -4.06. The molecule has 2 atom stereocenters. The quantitative estimate of drug-likeness (QED) is 0.312. The fraction of sp³-hybridized carbons (Fsp3) is 0.263. The van der Waals surface area contributed by atoms with Crippen molar-refractivity contribution in [2.24, 2.45) is 10.7 Å². The van der Waals surface area contributed by atoms with Crippen molar-refractivity contribution in [2.75, 3.05) is 5.32 Å². The Morgan fingerprint density at radius 3 is 2.81 bits per heavy atom. The normalized spacial score (nSPS) is 20.1. The number of anilines is 1. The van der Waals surface area contributed by atoms with Crippen molar-refractivity contribution in [3.63, 3.8) is 0 Å². The molecule has 6 N–H and O–H groups in total. The van der Waals surface area contributed by atoms with Crippen molar-refractivity contribution in [3.8, 4) is 0 Å². The third-order valence-electron chi connectivity index (χ3n) is 4.66. The number of carbonyl (C=O) groups excluding carboxylic acids is 3. The first-order valence-corrected chi connectivity index (χ1v) is 9.43. The summed E-state index contributed by atoms with van der Waals surface area (Å²) >= 11 is 0. The van der Waals surface area contributed by atoms with Gasteiger partial charge in [-0.25, -0.2) is 14.8 Å². The van der Waals surface area contributed by atoms with E-state index < -0.39 is 30.1 Å². The van der Waals surface area contributed by atoms with Gasteiger partial charge in [0.1, 0.15) is 11.7 Å². The SMILES string of the molecule is NC1=Nc2ncc(CNc3ccc(C(=O)N[C@H]4CCC(=O)OC4=O)cc3)nc2C(O)N1. The number of carbonyl (C=O) groups is 3. The molecule has 2 aromatic rings. The van der Waals surface area contributed by atoms with Crippen molar-refractivity contribution in [1.29, 1.82) is 0 Å². The van der Waals surface area contributed by atoms with Gasteiger partial charge in [0.05, 0.1) is 18.4 Å².